The van der Waals surface area contributed by atoms with Crippen LogP contribution >= 0.6 is 0 Å². The van der Waals surface area contributed by atoms with Crippen LogP contribution in [0, 0.1) is 0 Å². The molecule has 0 fully saturated rings. The molecule has 5 nitrogen and oxygen atoms in total. The maximum Gasteiger partial charge on any atom is 0.159 e. The zero-order chi connectivity index (χ0) is 42.1. The number of hydrogen-bond acceptors (Lipinski definition) is 4. The maximum absolute atomic E-state index is 7.01. The molecule has 12 aromatic rings. The molecule has 300 valence electrons. The Morgan fingerprint density at radius 3 is 1.69 bits per heavy atom. The normalized spacial score (nSPS) is 14.1. The molecule has 0 saturated heterocycles. The van der Waals surface area contributed by atoms with Gasteiger partial charge in [0.25, 0.3) is 0 Å². The van der Waals surface area contributed by atoms with E-state index in [0.717, 1.165) is 66.6 Å². The predicted octanol–water partition coefficient (Wildman–Crippen LogP) is 14.8. The van der Waals surface area contributed by atoms with Crippen molar-refractivity contribution in [1.29, 1.82) is 0 Å². The van der Waals surface area contributed by atoms with E-state index in [4.69, 9.17) is 14.4 Å². The summed E-state index contributed by atoms with van der Waals surface area (Å²) in [6.07, 6.45) is -0.350. The average Bonchev–Trinajstić information content (AvgIpc) is 3.91. The Balaban J connectivity index is 0.958. The zero-order valence-corrected chi connectivity index (χ0v) is 34.6. The Bertz CT molecular complexity index is 3780. The minimum atomic E-state index is -0.350. The van der Waals surface area contributed by atoms with E-state index in [1.165, 1.54) is 49.2 Å². The summed E-state index contributed by atoms with van der Waals surface area (Å²) in [6.45, 7) is 0. The van der Waals surface area contributed by atoms with E-state index in [2.05, 4.69) is 228 Å². The van der Waals surface area contributed by atoms with Gasteiger partial charge in [0, 0.05) is 32.7 Å². The van der Waals surface area contributed by atoms with E-state index >= 15 is 0 Å². The first-order valence-corrected chi connectivity index (χ1v) is 21.7. The minimum absolute atomic E-state index is 0.350. The molecule has 2 aromatic heterocycles. The molecule has 1 N–H and O–H groups in total. The molecular formula is C59H38N4O. The van der Waals surface area contributed by atoms with Crippen molar-refractivity contribution in [1.82, 2.24) is 9.88 Å². The third kappa shape index (κ3) is 6.01. The van der Waals surface area contributed by atoms with Crippen LogP contribution in [0.25, 0.3) is 93.2 Å². The van der Waals surface area contributed by atoms with E-state index in [1.54, 1.807) is 0 Å². The van der Waals surface area contributed by atoms with Crippen molar-refractivity contribution < 1.29 is 4.42 Å². The molecule has 64 heavy (non-hydrogen) atoms. The van der Waals surface area contributed by atoms with Crippen molar-refractivity contribution in [3.8, 4) is 27.9 Å². The summed E-state index contributed by atoms with van der Waals surface area (Å²) in [5.74, 6) is 1.42. The third-order valence-electron chi connectivity index (χ3n) is 12.8. The highest BCUT2D eigenvalue weighted by Gasteiger charge is 2.24. The Morgan fingerprint density at radius 1 is 0.406 bits per heavy atom. The Hall–Kier alpha value is -8.54. The number of para-hydroxylation sites is 1. The highest BCUT2D eigenvalue weighted by Crippen LogP contribution is 2.41. The van der Waals surface area contributed by atoms with Gasteiger partial charge in [-0.25, -0.2) is 9.98 Å². The monoisotopic (exact) mass is 818 g/mol. The van der Waals surface area contributed by atoms with E-state index in [-0.39, 0.29) is 6.17 Å². The van der Waals surface area contributed by atoms with Crippen LogP contribution in [0.1, 0.15) is 22.9 Å². The van der Waals surface area contributed by atoms with Gasteiger partial charge in [-0.05, 0) is 104 Å². The second kappa shape index (κ2) is 14.5. The Morgan fingerprint density at radius 2 is 1.00 bits per heavy atom. The molecule has 1 unspecified atom stereocenters. The molecule has 0 aliphatic carbocycles. The van der Waals surface area contributed by atoms with Crippen LogP contribution in [0.2, 0.25) is 0 Å². The molecular weight excluding hydrogens is 781 g/mol. The predicted molar refractivity (Wildman–Crippen MR) is 266 cm³/mol. The van der Waals surface area contributed by atoms with Crippen LogP contribution in [0.15, 0.2) is 233 Å². The number of benzene rings is 10. The molecule has 0 saturated carbocycles. The number of furan rings is 1. The van der Waals surface area contributed by atoms with Crippen LogP contribution in [0.4, 0.5) is 0 Å². The first-order chi connectivity index (χ1) is 31.7. The molecule has 1 aliphatic rings. The number of aromatic nitrogens is 1. The van der Waals surface area contributed by atoms with Crippen molar-refractivity contribution in [3.63, 3.8) is 0 Å². The van der Waals surface area contributed by atoms with Gasteiger partial charge in [-0.15, -0.1) is 0 Å². The van der Waals surface area contributed by atoms with E-state index in [0.29, 0.717) is 5.84 Å². The third-order valence-corrected chi connectivity index (χ3v) is 12.8. The second-order valence-corrected chi connectivity index (χ2v) is 16.6. The van der Waals surface area contributed by atoms with Crippen molar-refractivity contribution in [2.24, 2.45) is 9.98 Å². The summed E-state index contributed by atoms with van der Waals surface area (Å²) >= 11 is 0. The van der Waals surface area contributed by atoms with E-state index < -0.39 is 0 Å². The number of nitrogens with one attached hydrogen (secondary N) is 1. The highest BCUT2D eigenvalue weighted by atomic mass is 16.3. The zero-order valence-electron chi connectivity index (χ0n) is 34.6. The van der Waals surface area contributed by atoms with Gasteiger partial charge < -0.3 is 14.3 Å². The summed E-state index contributed by atoms with van der Waals surface area (Å²) in [5.41, 5.74) is 12.6. The number of aliphatic imine (C=N–C) groups is 2. The summed E-state index contributed by atoms with van der Waals surface area (Å²) in [6, 6.07) is 77.6. The maximum atomic E-state index is 7.01. The molecule has 5 heteroatoms. The minimum Gasteiger partial charge on any atom is -0.454 e. The van der Waals surface area contributed by atoms with Crippen LogP contribution < -0.4 is 5.32 Å². The fraction of sp³-hybridized carbons (Fsp3) is 0.0169. The molecule has 10 aromatic carbocycles. The van der Waals surface area contributed by atoms with Gasteiger partial charge in [0.15, 0.2) is 11.4 Å². The summed E-state index contributed by atoms with van der Waals surface area (Å²) in [4.78, 5) is 10.5. The molecule has 13 rings (SSSR count). The lowest BCUT2D eigenvalue weighted by Gasteiger charge is -2.24. The van der Waals surface area contributed by atoms with E-state index in [1.807, 2.05) is 0 Å². The summed E-state index contributed by atoms with van der Waals surface area (Å²) in [5, 5.41) is 12.9. The van der Waals surface area contributed by atoms with E-state index in [9.17, 15) is 0 Å². The van der Waals surface area contributed by atoms with Gasteiger partial charge >= 0.3 is 0 Å². The van der Waals surface area contributed by atoms with Crippen LogP contribution in [0.5, 0.6) is 0 Å². The average molecular weight is 819 g/mol. The molecule has 0 spiro atoms. The number of amidine groups is 2. The quantitative estimate of drug-likeness (QED) is 0.182. The standard InChI is InChI=1S/C59H38N4O/c1-3-12-37(13-4-1)43-27-30-52-50(34-43)51-35-44(38-14-5-2-6-15-38)28-31-53(51)63(52)54-21-11-20-49-48-29-26-47(36-55(48)64-56(49)54)59-61-57(45-24-22-39-16-7-9-18-41(39)32-45)60-58(62-59)46-25-23-40-17-8-10-19-42(40)33-46/h1-36,57H,(H,60,61,62). The summed E-state index contributed by atoms with van der Waals surface area (Å²) < 4.78 is 9.38. The lowest BCUT2D eigenvalue weighted by molar-refractivity contribution is 0.664. The molecule has 1 aliphatic heterocycles. The molecule has 0 amide bonds. The molecule has 0 bridgehead atoms. The second-order valence-electron chi connectivity index (χ2n) is 16.6. The number of hydrogen-bond donors (Lipinski definition) is 1. The molecule has 1 atom stereocenters. The Labute approximate surface area is 368 Å². The first kappa shape index (κ1) is 36.1. The largest absolute Gasteiger partial charge is 0.454 e. The lowest BCUT2D eigenvalue weighted by atomic mass is 10.0. The van der Waals surface area contributed by atoms with Crippen molar-refractivity contribution in [2.75, 3.05) is 0 Å². The van der Waals surface area contributed by atoms with Gasteiger partial charge in [-0.1, -0.05) is 164 Å². The molecule has 3 heterocycles. The lowest BCUT2D eigenvalue weighted by Crippen LogP contribution is -2.33. The van der Waals surface area contributed by atoms with Gasteiger partial charge in [-0.2, -0.15) is 0 Å². The smallest absolute Gasteiger partial charge is 0.159 e. The number of rotatable bonds is 6. The number of nitrogens with zero attached hydrogens (tertiary/aromatic N) is 3. The fourth-order valence-corrected chi connectivity index (χ4v) is 9.61. The van der Waals surface area contributed by atoms with Crippen LogP contribution in [0.3, 0.4) is 0 Å². The molecule has 0 radical (unpaired) electrons. The van der Waals surface area contributed by atoms with Gasteiger partial charge in [0.1, 0.15) is 17.6 Å². The van der Waals surface area contributed by atoms with Crippen LogP contribution in [-0.2, 0) is 0 Å². The van der Waals surface area contributed by atoms with Crippen molar-refractivity contribution in [3.05, 3.63) is 235 Å². The van der Waals surface area contributed by atoms with Gasteiger partial charge in [-0.3, -0.25) is 0 Å². The Kier molecular flexibility index (Phi) is 8.21. The van der Waals surface area contributed by atoms with Crippen molar-refractivity contribution >= 4 is 77.0 Å². The highest BCUT2D eigenvalue weighted by molar-refractivity contribution is 6.17. The topological polar surface area (TPSA) is 54.8 Å². The number of fused-ring (bicyclic) bond motifs is 8. The van der Waals surface area contributed by atoms with Gasteiger partial charge in [0.05, 0.1) is 16.7 Å². The fourth-order valence-electron chi connectivity index (χ4n) is 9.61. The van der Waals surface area contributed by atoms with Crippen molar-refractivity contribution in [2.45, 2.75) is 6.17 Å². The SMILES string of the molecule is c1ccc(-c2ccc3c(c2)c2cc(-c4ccccc4)ccc2n3-c2cccc3c2oc2cc(C4=NC(c5ccc6ccccc6c5)=NC(c5ccc6ccccc6c5)N4)ccc23)cc1. The van der Waals surface area contributed by atoms with Gasteiger partial charge in [0.2, 0.25) is 0 Å². The first-order valence-electron chi connectivity index (χ1n) is 21.7. The summed E-state index contributed by atoms with van der Waals surface area (Å²) in [7, 11) is 0. The van der Waals surface area contributed by atoms with Crippen LogP contribution in [-0.4, -0.2) is 16.2 Å².